The second-order valence-corrected chi connectivity index (χ2v) is 5.32. The first-order valence-corrected chi connectivity index (χ1v) is 7.55. The highest BCUT2D eigenvalue weighted by Crippen LogP contribution is 2.17. The monoisotopic (exact) mass is 342 g/mol. The fourth-order valence-corrected chi connectivity index (χ4v) is 2.65. The zero-order valence-corrected chi connectivity index (χ0v) is 14.0. The zero-order valence-electron chi connectivity index (χ0n) is 13.2. The van der Waals surface area contributed by atoms with Crippen LogP contribution in [0, 0.1) is 0 Å². The lowest BCUT2D eigenvalue weighted by atomic mass is 10.2. The number of nitrogens with zero attached hydrogens (tertiary/aromatic N) is 1. The molecule has 0 radical (unpaired) electrons. The SMILES string of the molecule is CCOc1cccc(CNC(=O)CN2CCC[C@@H]2C(=O)O)c1.Cl. The molecule has 1 aliphatic rings. The van der Waals surface area contributed by atoms with Crippen LogP contribution in [-0.2, 0) is 16.1 Å². The first-order chi connectivity index (χ1) is 10.6. The molecule has 1 atom stereocenters. The summed E-state index contributed by atoms with van der Waals surface area (Å²) in [6.07, 6.45) is 1.43. The number of benzene rings is 1. The van der Waals surface area contributed by atoms with Crippen LogP contribution in [0.1, 0.15) is 25.3 Å². The summed E-state index contributed by atoms with van der Waals surface area (Å²) < 4.78 is 5.42. The minimum absolute atomic E-state index is 0. The predicted octanol–water partition coefficient (Wildman–Crippen LogP) is 1.67. The van der Waals surface area contributed by atoms with Crippen LogP contribution in [0.2, 0.25) is 0 Å². The predicted molar refractivity (Wildman–Crippen MR) is 88.9 cm³/mol. The third kappa shape index (κ3) is 5.73. The summed E-state index contributed by atoms with van der Waals surface area (Å²) in [7, 11) is 0. The Bertz CT molecular complexity index is 539. The lowest BCUT2D eigenvalue weighted by Crippen LogP contribution is -2.42. The van der Waals surface area contributed by atoms with Crippen molar-refractivity contribution in [1.82, 2.24) is 10.2 Å². The highest BCUT2D eigenvalue weighted by atomic mass is 35.5. The number of halogens is 1. The first kappa shape index (κ1) is 19.3. The van der Waals surface area contributed by atoms with E-state index in [-0.39, 0.29) is 24.9 Å². The number of nitrogens with one attached hydrogen (secondary N) is 1. The van der Waals surface area contributed by atoms with Gasteiger partial charge in [0.25, 0.3) is 0 Å². The van der Waals surface area contributed by atoms with Crippen LogP contribution in [0.3, 0.4) is 0 Å². The number of hydrogen-bond donors (Lipinski definition) is 2. The lowest BCUT2D eigenvalue weighted by Gasteiger charge is -2.20. The molecule has 6 nitrogen and oxygen atoms in total. The molecule has 1 aromatic rings. The van der Waals surface area contributed by atoms with Crippen molar-refractivity contribution in [3.05, 3.63) is 29.8 Å². The molecule has 23 heavy (non-hydrogen) atoms. The molecule has 0 aliphatic carbocycles. The molecule has 0 unspecified atom stereocenters. The van der Waals surface area contributed by atoms with Gasteiger partial charge in [0, 0.05) is 6.54 Å². The fraction of sp³-hybridized carbons (Fsp3) is 0.500. The van der Waals surface area contributed by atoms with Crippen LogP contribution in [0.15, 0.2) is 24.3 Å². The maximum absolute atomic E-state index is 12.0. The molecule has 2 N–H and O–H groups in total. The van der Waals surface area contributed by atoms with Gasteiger partial charge < -0.3 is 15.2 Å². The summed E-state index contributed by atoms with van der Waals surface area (Å²) in [6.45, 7) is 3.71. The van der Waals surface area contributed by atoms with Gasteiger partial charge in [-0.05, 0) is 44.0 Å². The number of aliphatic carboxylic acids is 1. The largest absolute Gasteiger partial charge is 0.494 e. The maximum atomic E-state index is 12.0. The zero-order chi connectivity index (χ0) is 15.9. The van der Waals surface area contributed by atoms with Crippen molar-refractivity contribution in [1.29, 1.82) is 0 Å². The summed E-state index contributed by atoms with van der Waals surface area (Å²) in [5, 5.41) is 11.9. The van der Waals surface area contributed by atoms with E-state index in [4.69, 9.17) is 9.84 Å². The number of ether oxygens (including phenoxy) is 1. The van der Waals surface area contributed by atoms with E-state index in [0.717, 1.165) is 17.7 Å². The van der Waals surface area contributed by atoms with Crippen LogP contribution in [0.5, 0.6) is 5.75 Å². The Labute approximate surface area is 142 Å². The minimum atomic E-state index is -0.852. The number of likely N-dealkylation sites (tertiary alicyclic amines) is 1. The Morgan fingerprint density at radius 1 is 1.43 bits per heavy atom. The summed E-state index contributed by atoms with van der Waals surface area (Å²) >= 11 is 0. The van der Waals surface area contributed by atoms with Crippen molar-refractivity contribution < 1.29 is 19.4 Å². The van der Waals surface area contributed by atoms with E-state index in [2.05, 4.69) is 5.32 Å². The Kier molecular flexibility index (Phi) is 7.85. The van der Waals surface area contributed by atoms with Crippen LogP contribution in [0.25, 0.3) is 0 Å². The molecule has 1 aliphatic heterocycles. The molecule has 128 valence electrons. The third-order valence-electron chi connectivity index (χ3n) is 3.69. The van der Waals surface area contributed by atoms with E-state index in [0.29, 0.717) is 26.1 Å². The number of carbonyl (C=O) groups excluding carboxylic acids is 1. The quantitative estimate of drug-likeness (QED) is 0.788. The number of amides is 1. The molecule has 1 amide bonds. The van der Waals surface area contributed by atoms with Crippen LogP contribution in [-0.4, -0.2) is 47.6 Å². The Morgan fingerprint density at radius 3 is 2.91 bits per heavy atom. The third-order valence-corrected chi connectivity index (χ3v) is 3.69. The molecular weight excluding hydrogens is 320 g/mol. The molecule has 0 aromatic heterocycles. The standard InChI is InChI=1S/C16H22N2O4.ClH/c1-2-22-13-6-3-5-12(9-13)10-17-15(19)11-18-8-4-7-14(18)16(20)21;/h3,5-6,9,14H,2,4,7-8,10-11H2,1H3,(H,17,19)(H,20,21);1H/t14-;/m1./s1. The van der Waals surface area contributed by atoms with E-state index >= 15 is 0 Å². The Hall–Kier alpha value is -1.79. The molecule has 1 aromatic carbocycles. The molecule has 0 saturated carbocycles. The molecule has 0 bridgehead atoms. The van der Waals surface area contributed by atoms with Crippen LogP contribution in [0.4, 0.5) is 0 Å². The number of carbonyl (C=O) groups is 2. The van der Waals surface area contributed by atoms with E-state index in [9.17, 15) is 9.59 Å². The topological polar surface area (TPSA) is 78.9 Å². The number of carboxylic acids is 1. The summed E-state index contributed by atoms with van der Waals surface area (Å²) in [6, 6.07) is 7.02. The molecule has 7 heteroatoms. The molecular formula is C16H23ClN2O4. The van der Waals surface area contributed by atoms with Gasteiger partial charge in [0.15, 0.2) is 0 Å². The molecule has 1 fully saturated rings. The van der Waals surface area contributed by atoms with Crippen LogP contribution >= 0.6 is 12.4 Å². The number of hydrogen-bond acceptors (Lipinski definition) is 4. The van der Waals surface area contributed by atoms with E-state index in [1.807, 2.05) is 31.2 Å². The summed E-state index contributed by atoms with van der Waals surface area (Å²) in [5.74, 6) is -0.232. The summed E-state index contributed by atoms with van der Waals surface area (Å²) in [4.78, 5) is 24.8. The molecule has 0 spiro atoms. The average molecular weight is 343 g/mol. The normalized spacial score (nSPS) is 17.3. The maximum Gasteiger partial charge on any atom is 0.320 e. The molecule has 2 rings (SSSR count). The molecule has 1 saturated heterocycles. The fourth-order valence-electron chi connectivity index (χ4n) is 2.65. The number of carboxylic acid groups (broad SMARTS) is 1. The van der Waals surface area contributed by atoms with Crippen LogP contribution < -0.4 is 10.1 Å². The van der Waals surface area contributed by atoms with Gasteiger partial charge in [0.1, 0.15) is 11.8 Å². The summed E-state index contributed by atoms with van der Waals surface area (Å²) in [5.41, 5.74) is 0.954. The van der Waals surface area contributed by atoms with Crippen molar-refractivity contribution in [2.75, 3.05) is 19.7 Å². The second-order valence-electron chi connectivity index (χ2n) is 5.32. The van der Waals surface area contributed by atoms with Crippen molar-refractivity contribution in [3.63, 3.8) is 0 Å². The van der Waals surface area contributed by atoms with Gasteiger partial charge in [-0.1, -0.05) is 12.1 Å². The lowest BCUT2D eigenvalue weighted by molar-refractivity contribution is -0.142. The molecule has 1 heterocycles. The highest BCUT2D eigenvalue weighted by molar-refractivity contribution is 5.85. The van der Waals surface area contributed by atoms with Gasteiger partial charge in [-0.15, -0.1) is 12.4 Å². The van der Waals surface area contributed by atoms with Gasteiger partial charge in [-0.25, -0.2) is 0 Å². The minimum Gasteiger partial charge on any atom is -0.494 e. The highest BCUT2D eigenvalue weighted by Gasteiger charge is 2.31. The van der Waals surface area contributed by atoms with Gasteiger partial charge in [-0.2, -0.15) is 0 Å². The van der Waals surface area contributed by atoms with Gasteiger partial charge in [-0.3, -0.25) is 14.5 Å². The van der Waals surface area contributed by atoms with Crippen molar-refractivity contribution in [2.45, 2.75) is 32.4 Å². The van der Waals surface area contributed by atoms with Crippen molar-refractivity contribution >= 4 is 24.3 Å². The second kappa shape index (κ2) is 9.37. The Balaban J connectivity index is 0.00000264. The van der Waals surface area contributed by atoms with Gasteiger partial charge in [0.2, 0.25) is 5.91 Å². The number of rotatable bonds is 7. The van der Waals surface area contributed by atoms with Gasteiger partial charge >= 0.3 is 5.97 Å². The van der Waals surface area contributed by atoms with E-state index in [1.165, 1.54) is 0 Å². The van der Waals surface area contributed by atoms with Crippen molar-refractivity contribution in [2.24, 2.45) is 0 Å². The smallest absolute Gasteiger partial charge is 0.320 e. The van der Waals surface area contributed by atoms with E-state index < -0.39 is 12.0 Å². The van der Waals surface area contributed by atoms with Crippen molar-refractivity contribution in [3.8, 4) is 5.75 Å². The van der Waals surface area contributed by atoms with E-state index in [1.54, 1.807) is 4.90 Å². The average Bonchev–Trinajstić information content (AvgIpc) is 2.94. The Morgan fingerprint density at radius 2 is 2.22 bits per heavy atom. The van der Waals surface area contributed by atoms with Gasteiger partial charge in [0.05, 0.1) is 13.2 Å². The first-order valence-electron chi connectivity index (χ1n) is 7.55.